The summed E-state index contributed by atoms with van der Waals surface area (Å²) in [7, 11) is 0. The van der Waals surface area contributed by atoms with Crippen LogP contribution in [0.1, 0.15) is 22.3 Å². The molecule has 0 radical (unpaired) electrons. The van der Waals surface area contributed by atoms with E-state index in [0.717, 1.165) is 34.4 Å². The molecule has 2 aliphatic carbocycles. The van der Waals surface area contributed by atoms with Crippen LogP contribution in [0.2, 0.25) is 0 Å². The van der Waals surface area contributed by atoms with Gasteiger partial charge in [-0.3, -0.25) is 0 Å². The van der Waals surface area contributed by atoms with Crippen LogP contribution in [-0.4, -0.2) is 76.9 Å². The zero-order chi connectivity index (χ0) is 37.2. The molecule has 0 atom stereocenters. The number of benzene rings is 4. The first-order valence-electron chi connectivity index (χ1n) is 17.0. The fourth-order valence-corrected chi connectivity index (χ4v) is 6.70. The molecule has 0 aromatic heterocycles. The molecule has 4 aromatic carbocycles. The van der Waals surface area contributed by atoms with Crippen LogP contribution in [0.15, 0.2) is 110 Å². The first-order chi connectivity index (χ1) is 25.9. The van der Waals surface area contributed by atoms with E-state index >= 15 is 0 Å². The number of amides is 2. The fraction of sp³-hybridized carbons (Fsp3) is 0.220. The Morgan fingerprint density at radius 2 is 0.925 bits per heavy atom. The van der Waals surface area contributed by atoms with E-state index in [1.165, 1.54) is 22.3 Å². The van der Waals surface area contributed by atoms with Crippen LogP contribution in [0.4, 0.5) is 9.59 Å². The first kappa shape index (κ1) is 36.2. The molecule has 2 aliphatic rings. The van der Waals surface area contributed by atoms with Gasteiger partial charge in [0, 0.05) is 12.2 Å². The predicted molar refractivity (Wildman–Crippen MR) is 195 cm³/mol. The SMILES string of the molecule is C=CC(=O)OCCNC(=O)OCCOc1ccc2c(c1)-c1cc(OCCOC(=O)NCCOC(=O)C=C)ccc1C21c2ccccc2-c2ccccc21. The second-order valence-electron chi connectivity index (χ2n) is 11.8. The van der Waals surface area contributed by atoms with Crippen LogP contribution in [0.25, 0.3) is 22.3 Å². The molecule has 12 nitrogen and oxygen atoms in total. The number of hydrogen-bond donors (Lipinski definition) is 2. The van der Waals surface area contributed by atoms with E-state index in [9.17, 15) is 19.2 Å². The summed E-state index contributed by atoms with van der Waals surface area (Å²) in [5, 5.41) is 5.02. The van der Waals surface area contributed by atoms with Crippen LogP contribution in [0.5, 0.6) is 11.5 Å². The summed E-state index contributed by atoms with van der Waals surface area (Å²) in [5.41, 5.74) is 8.27. The number of ether oxygens (including phenoxy) is 6. The maximum Gasteiger partial charge on any atom is 0.407 e. The largest absolute Gasteiger partial charge is 0.490 e. The second-order valence-corrected chi connectivity index (χ2v) is 11.8. The number of rotatable bonds is 16. The predicted octanol–water partition coefficient (Wildman–Crippen LogP) is 5.70. The molecular formula is C41H38N2O10. The molecule has 0 heterocycles. The highest BCUT2D eigenvalue weighted by atomic mass is 16.6. The molecule has 0 saturated heterocycles. The number of hydrogen-bond acceptors (Lipinski definition) is 10. The molecule has 4 aromatic rings. The Bertz CT molecular complexity index is 1900. The van der Waals surface area contributed by atoms with Gasteiger partial charge in [-0.05, 0) is 68.8 Å². The Morgan fingerprint density at radius 1 is 0.509 bits per heavy atom. The van der Waals surface area contributed by atoms with E-state index in [2.05, 4.69) is 84.5 Å². The smallest absolute Gasteiger partial charge is 0.407 e. The van der Waals surface area contributed by atoms with Crippen molar-refractivity contribution in [3.63, 3.8) is 0 Å². The number of carbonyl (C=O) groups excluding carboxylic acids is 4. The lowest BCUT2D eigenvalue weighted by Gasteiger charge is -2.30. The monoisotopic (exact) mass is 718 g/mol. The molecule has 0 saturated carbocycles. The van der Waals surface area contributed by atoms with Gasteiger partial charge in [-0.2, -0.15) is 0 Å². The molecule has 1 spiro atoms. The molecule has 0 fully saturated rings. The van der Waals surface area contributed by atoms with Crippen molar-refractivity contribution in [3.8, 4) is 33.8 Å². The third-order valence-electron chi connectivity index (χ3n) is 8.77. The van der Waals surface area contributed by atoms with Crippen molar-refractivity contribution >= 4 is 24.1 Å². The molecule has 6 rings (SSSR count). The molecular weight excluding hydrogens is 680 g/mol. The fourth-order valence-electron chi connectivity index (χ4n) is 6.70. The molecule has 12 heteroatoms. The lowest BCUT2D eigenvalue weighted by molar-refractivity contribution is -0.138. The second kappa shape index (κ2) is 16.6. The highest BCUT2D eigenvalue weighted by Gasteiger charge is 2.51. The molecule has 53 heavy (non-hydrogen) atoms. The maximum absolute atomic E-state index is 12.0. The lowest BCUT2D eigenvalue weighted by atomic mass is 9.70. The first-order valence-corrected chi connectivity index (χ1v) is 17.0. The average Bonchev–Trinajstić information content (AvgIpc) is 3.64. The van der Waals surface area contributed by atoms with Gasteiger partial charge in [-0.15, -0.1) is 0 Å². The van der Waals surface area contributed by atoms with Gasteiger partial charge in [0.1, 0.15) is 51.1 Å². The molecule has 0 unspecified atom stereocenters. The van der Waals surface area contributed by atoms with E-state index in [0.29, 0.717) is 11.5 Å². The summed E-state index contributed by atoms with van der Waals surface area (Å²) in [6.07, 6.45) is 0.781. The Balaban J connectivity index is 1.17. The lowest BCUT2D eigenvalue weighted by Crippen LogP contribution is -2.29. The van der Waals surface area contributed by atoms with Crippen molar-refractivity contribution in [2.45, 2.75) is 5.41 Å². The van der Waals surface area contributed by atoms with Crippen LogP contribution >= 0.6 is 0 Å². The Kier molecular flexibility index (Phi) is 11.4. The quantitative estimate of drug-likeness (QED) is 0.0553. The van der Waals surface area contributed by atoms with Gasteiger partial charge in [-0.1, -0.05) is 73.8 Å². The number of nitrogens with one attached hydrogen (secondary N) is 2. The van der Waals surface area contributed by atoms with Gasteiger partial charge < -0.3 is 39.1 Å². The summed E-state index contributed by atoms with van der Waals surface area (Å²) in [6, 6.07) is 28.9. The topological polar surface area (TPSA) is 148 Å². The number of alkyl carbamates (subject to hydrolysis) is 2. The average molecular weight is 719 g/mol. The Labute approximate surface area is 306 Å². The van der Waals surface area contributed by atoms with E-state index in [4.69, 9.17) is 28.4 Å². The Morgan fingerprint density at radius 3 is 1.36 bits per heavy atom. The van der Waals surface area contributed by atoms with Gasteiger partial charge in [0.15, 0.2) is 0 Å². The molecule has 2 amide bonds. The maximum atomic E-state index is 12.0. The minimum atomic E-state index is -0.656. The van der Waals surface area contributed by atoms with E-state index < -0.39 is 29.5 Å². The van der Waals surface area contributed by atoms with Crippen molar-refractivity contribution in [2.75, 3.05) is 52.7 Å². The summed E-state index contributed by atoms with van der Waals surface area (Å²) in [4.78, 5) is 46.3. The van der Waals surface area contributed by atoms with Gasteiger partial charge >= 0.3 is 24.1 Å². The number of fused-ring (bicyclic) bond motifs is 10. The van der Waals surface area contributed by atoms with Crippen LogP contribution in [0.3, 0.4) is 0 Å². The normalized spacial score (nSPS) is 12.2. The zero-order valence-corrected chi connectivity index (χ0v) is 28.9. The van der Waals surface area contributed by atoms with Crippen LogP contribution < -0.4 is 20.1 Å². The van der Waals surface area contributed by atoms with Crippen molar-refractivity contribution in [3.05, 3.63) is 132 Å². The van der Waals surface area contributed by atoms with E-state index in [1.54, 1.807) is 0 Å². The van der Waals surface area contributed by atoms with Crippen molar-refractivity contribution in [1.82, 2.24) is 10.6 Å². The molecule has 0 bridgehead atoms. The molecule has 2 N–H and O–H groups in total. The van der Waals surface area contributed by atoms with Gasteiger partial charge in [0.2, 0.25) is 0 Å². The highest BCUT2D eigenvalue weighted by molar-refractivity contribution is 5.95. The summed E-state index contributed by atoms with van der Waals surface area (Å²) < 4.78 is 32.2. The summed E-state index contributed by atoms with van der Waals surface area (Å²) in [6.45, 7) is 7.05. The number of esters is 2. The molecule has 0 aliphatic heterocycles. The Hall–Kier alpha value is -6.56. The van der Waals surface area contributed by atoms with Crippen molar-refractivity contribution < 1.29 is 47.6 Å². The minimum Gasteiger partial charge on any atom is -0.490 e. The van der Waals surface area contributed by atoms with E-state index in [1.807, 2.05) is 24.3 Å². The number of carbonyl (C=O) groups is 4. The van der Waals surface area contributed by atoms with Gasteiger partial charge in [0.25, 0.3) is 0 Å². The summed E-state index contributed by atoms with van der Waals surface area (Å²) >= 11 is 0. The summed E-state index contributed by atoms with van der Waals surface area (Å²) in [5.74, 6) is 0.0437. The molecule has 272 valence electrons. The standard InChI is InChI=1S/C41H38N2O10/c1-3-37(44)50-19-17-42-39(46)52-23-21-48-27-13-15-35-31(25-27)32-26-28(49-22-24-53-40(47)43-18-20-51-38(45)4-2)14-16-36(32)41(35)33-11-7-5-9-29(33)30-10-6-8-12-34(30)41/h3-16,25-26H,1-2,17-24H2,(H,42,46)(H,43,47). The van der Waals surface area contributed by atoms with Crippen molar-refractivity contribution in [2.24, 2.45) is 0 Å². The van der Waals surface area contributed by atoms with Crippen LogP contribution in [0, 0.1) is 0 Å². The highest BCUT2D eigenvalue weighted by Crippen LogP contribution is 2.63. The van der Waals surface area contributed by atoms with Crippen LogP contribution in [-0.2, 0) is 34.0 Å². The van der Waals surface area contributed by atoms with E-state index in [-0.39, 0.29) is 52.7 Å². The third kappa shape index (κ3) is 7.71. The van der Waals surface area contributed by atoms with Gasteiger partial charge in [0.05, 0.1) is 18.5 Å². The van der Waals surface area contributed by atoms with Crippen molar-refractivity contribution in [1.29, 1.82) is 0 Å². The zero-order valence-electron chi connectivity index (χ0n) is 28.9. The van der Waals surface area contributed by atoms with Gasteiger partial charge in [-0.25, -0.2) is 19.2 Å². The minimum absolute atomic E-state index is 0.000829. The third-order valence-corrected chi connectivity index (χ3v) is 8.77.